The van der Waals surface area contributed by atoms with E-state index in [0.29, 0.717) is 60.1 Å². The summed E-state index contributed by atoms with van der Waals surface area (Å²) >= 11 is 3.55. The molecule has 0 amide bonds. The molecule has 2 aromatic rings. The van der Waals surface area contributed by atoms with Gasteiger partial charge < -0.3 is 18.9 Å². The highest BCUT2D eigenvalue weighted by Gasteiger charge is 2.45. The Morgan fingerprint density at radius 3 is 2.38 bits per heavy atom. The molecule has 0 saturated heterocycles. The lowest BCUT2D eigenvalue weighted by atomic mass is 9.69. The largest absolute Gasteiger partial charge is 0.496 e. The number of aliphatic imine (C=N–C) groups is 1. The third-order valence-corrected chi connectivity index (χ3v) is 7.49. The topological polar surface area (TPSA) is 83.4 Å². The SMILES string of the molecule is CCCOC(=O)C1C(C)=NC2=C(C(=O)C[C@H](c3ccc(OC)c(OC)c3)C2)[C@@H]1c1cc(Br)ccc1OC. The van der Waals surface area contributed by atoms with Crippen LogP contribution in [0, 0.1) is 5.92 Å². The van der Waals surface area contributed by atoms with Crippen molar-refractivity contribution in [3.05, 3.63) is 63.3 Å². The third-order valence-electron chi connectivity index (χ3n) is 7.00. The van der Waals surface area contributed by atoms with Gasteiger partial charge in [0.15, 0.2) is 17.3 Å². The van der Waals surface area contributed by atoms with Crippen LogP contribution in [0.15, 0.2) is 57.1 Å². The van der Waals surface area contributed by atoms with Crippen LogP contribution >= 0.6 is 15.9 Å². The molecule has 3 atom stereocenters. The Morgan fingerprint density at radius 2 is 1.70 bits per heavy atom. The Kier molecular flexibility index (Phi) is 8.37. The number of ether oxygens (including phenoxy) is 4. The number of carbonyl (C=O) groups is 2. The van der Waals surface area contributed by atoms with Crippen molar-refractivity contribution >= 4 is 33.4 Å². The monoisotopic (exact) mass is 569 g/mol. The summed E-state index contributed by atoms with van der Waals surface area (Å²) in [6.07, 6.45) is 1.57. The summed E-state index contributed by atoms with van der Waals surface area (Å²) in [5.41, 5.74) is 3.64. The zero-order chi connectivity index (χ0) is 26.7. The molecule has 196 valence electrons. The maximum Gasteiger partial charge on any atom is 0.315 e. The second-order valence-corrected chi connectivity index (χ2v) is 10.2. The zero-order valence-corrected chi connectivity index (χ0v) is 23.4. The van der Waals surface area contributed by atoms with Gasteiger partial charge in [0, 0.05) is 39.4 Å². The molecule has 0 radical (unpaired) electrons. The quantitative estimate of drug-likeness (QED) is 0.362. The van der Waals surface area contributed by atoms with Crippen LogP contribution in [0.3, 0.4) is 0 Å². The van der Waals surface area contributed by atoms with Gasteiger partial charge in [-0.25, -0.2) is 0 Å². The predicted octanol–water partition coefficient (Wildman–Crippen LogP) is 6.00. The number of methoxy groups -OCH3 is 3. The molecule has 4 rings (SSSR count). The molecule has 1 aliphatic heterocycles. The Bertz CT molecular complexity index is 1270. The van der Waals surface area contributed by atoms with Gasteiger partial charge >= 0.3 is 5.97 Å². The molecule has 1 unspecified atom stereocenters. The van der Waals surface area contributed by atoms with Gasteiger partial charge in [0.1, 0.15) is 11.7 Å². The van der Waals surface area contributed by atoms with Gasteiger partial charge in [-0.05, 0) is 61.6 Å². The molecule has 0 spiro atoms. The molecule has 0 fully saturated rings. The van der Waals surface area contributed by atoms with E-state index in [1.807, 2.05) is 50.2 Å². The van der Waals surface area contributed by atoms with Gasteiger partial charge in [0.05, 0.1) is 27.9 Å². The minimum Gasteiger partial charge on any atom is -0.496 e. The Morgan fingerprint density at radius 1 is 1.00 bits per heavy atom. The van der Waals surface area contributed by atoms with E-state index in [1.54, 1.807) is 21.3 Å². The highest BCUT2D eigenvalue weighted by Crippen LogP contribution is 2.49. The number of ketones is 1. The normalized spacial score (nSPS) is 21.2. The predicted molar refractivity (Wildman–Crippen MR) is 145 cm³/mol. The third kappa shape index (κ3) is 5.30. The average Bonchev–Trinajstić information content (AvgIpc) is 2.90. The second kappa shape index (κ2) is 11.5. The first kappa shape index (κ1) is 26.9. The average molecular weight is 570 g/mol. The first-order valence-electron chi connectivity index (χ1n) is 12.4. The van der Waals surface area contributed by atoms with Crippen LogP contribution in [0.5, 0.6) is 17.2 Å². The number of nitrogens with zero attached hydrogens (tertiary/aromatic N) is 1. The summed E-state index contributed by atoms with van der Waals surface area (Å²) in [6.45, 7) is 4.10. The molecule has 0 aromatic heterocycles. The number of halogens is 1. The van der Waals surface area contributed by atoms with Crippen LogP contribution in [0.25, 0.3) is 0 Å². The van der Waals surface area contributed by atoms with Crippen molar-refractivity contribution in [2.75, 3.05) is 27.9 Å². The first-order valence-corrected chi connectivity index (χ1v) is 13.2. The fourth-order valence-corrected chi connectivity index (χ4v) is 5.66. The summed E-state index contributed by atoms with van der Waals surface area (Å²) in [5, 5.41) is 0. The van der Waals surface area contributed by atoms with Crippen molar-refractivity contribution in [2.45, 2.75) is 44.9 Å². The smallest absolute Gasteiger partial charge is 0.315 e. The molecule has 1 aliphatic carbocycles. The van der Waals surface area contributed by atoms with E-state index in [1.165, 1.54) is 0 Å². The van der Waals surface area contributed by atoms with Gasteiger partial charge in [-0.15, -0.1) is 0 Å². The van der Waals surface area contributed by atoms with E-state index in [2.05, 4.69) is 15.9 Å². The van der Waals surface area contributed by atoms with E-state index in [0.717, 1.165) is 15.6 Å². The summed E-state index contributed by atoms with van der Waals surface area (Å²) < 4.78 is 22.9. The number of hydrogen-bond acceptors (Lipinski definition) is 7. The number of rotatable bonds is 8. The Hall–Kier alpha value is -3.13. The van der Waals surface area contributed by atoms with Crippen molar-refractivity contribution in [1.29, 1.82) is 0 Å². The van der Waals surface area contributed by atoms with Gasteiger partial charge in [-0.1, -0.05) is 28.9 Å². The summed E-state index contributed by atoms with van der Waals surface area (Å²) in [5.74, 6) is 0.113. The highest BCUT2D eigenvalue weighted by molar-refractivity contribution is 9.10. The molecule has 0 bridgehead atoms. The number of Topliss-reactive ketones (excluding diaryl/α,β-unsaturated/α-hetero) is 1. The van der Waals surface area contributed by atoms with Gasteiger partial charge in [-0.3, -0.25) is 14.6 Å². The van der Waals surface area contributed by atoms with E-state index in [9.17, 15) is 9.59 Å². The molecule has 8 heteroatoms. The van der Waals surface area contributed by atoms with Crippen LogP contribution in [-0.2, 0) is 14.3 Å². The number of esters is 1. The Labute approximate surface area is 226 Å². The maximum atomic E-state index is 13.9. The molecular weight excluding hydrogens is 538 g/mol. The van der Waals surface area contributed by atoms with Crippen LogP contribution in [0.2, 0.25) is 0 Å². The zero-order valence-electron chi connectivity index (χ0n) is 21.8. The van der Waals surface area contributed by atoms with Gasteiger partial charge in [-0.2, -0.15) is 0 Å². The highest BCUT2D eigenvalue weighted by atomic mass is 79.9. The molecule has 0 N–H and O–H groups in total. The second-order valence-electron chi connectivity index (χ2n) is 9.27. The van der Waals surface area contributed by atoms with Crippen LogP contribution < -0.4 is 14.2 Å². The van der Waals surface area contributed by atoms with Crippen molar-refractivity contribution < 1.29 is 28.5 Å². The summed E-state index contributed by atoms with van der Waals surface area (Å²) in [4.78, 5) is 32.0. The van der Waals surface area contributed by atoms with Crippen LogP contribution in [-0.4, -0.2) is 45.4 Å². The van der Waals surface area contributed by atoms with E-state index in [-0.39, 0.29) is 17.7 Å². The molecule has 2 aromatic carbocycles. The van der Waals surface area contributed by atoms with Crippen LogP contribution in [0.4, 0.5) is 0 Å². The molecule has 2 aliphatic rings. The fourth-order valence-electron chi connectivity index (χ4n) is 5.28. The van der Waals surface area contributed by atoms with Crippen molar-refractivity contribution in [3.63, 3.8) is 0 Å². The maximum absolute atomic E-state index is 13.9. The molecule has 37 heavy (non-hydrogen) atoms. The van der Waals surface area contributed by atoms with Crippen molar-refractivity contribution in [3.8, 4) is 17.2 Å². The lowest BCUT2D eigenvalue weighted by molar-refractivity contribution is -0.146. The first-order chi connectivity index (χ1) is 17.8. The number of allylic oxidation sites excluding steroid dienone is 2. The summed E-state index contributed by atoms with van der Waals surface area (Å²) in [6, 6.07) is 11.4. The molecule has 1 heterocycles. The minimum absolute atomic E-state index is 0.0300. The fraction of sp³-hybridized carbons (Fsp3) is 0.414. The van der Waals surface area contributed by atoms with E-state index < -0.39 is 11.8 Å². The van der Waals surface area contributed by atoms with Crippen LogP contribution in [0.1, 0.15) is 56.1 Å². The molecule has 0 saturated carbocycles. The molecular formula is C29H32BrNO6. The lowest BCUT2D eigenvalue weighted by Crippen LogP contribution is -2.38. The van der Waals surface area contributed by atoms with Crippen molar-refractivity contribution in [1.82, 2.24) is 0 Å². The lowest BCUT2D eigenvalue weighted by Gasteiger charge is -2.37. The standard InChI is InChI=1S/C29H32BrNO6/c1-6-11-37-29(33)26-16(2)31-21-12-18(17-7-9-24(35-4)25(14-17)36-5)13-22(32)28(21)27(26)20-15-19(30)8-10-23(20)34-3/h7-10,14-15,18,26-27H,6,11-13H2,1-5H3/t18-,26?,27-/m1/s1. The molecule has 7 nitrogen and oxygen atoms in total. The van der Waals surface area contributed by atoms with E-state index in [4.69, 9.17) is 23.9 Å². The Balaban J connectivity index is 1.82. The van der Waals surface area contributed by atoms with Gasteiger partial charge in [0.2, 0.25) is 0 Å². The van der Waals surface area contributed by atoms with Gasteiger partial charge in [0.25, 0.3) is 0 Å². The number of carbonyl (C=O) groups excluding carboxylic acids is 2. The summed E-state index contributed by atoms with van der Waals surface area (Å²) in [7, 11) is 4.78. The van der Waals surface area contributed by atoms with E-state index >= 15 is 0 Å². The minimum atomic E-state index is -0.713. The number of benzene rings is 2. The van der Waals surface area contributed by atoms with Crippen molar-refractivity contribution in [2.24, 2.45) is 10.9 Å². The number of hydrogen-bond donors (Lipinski definition) is 0.